The van der Waals surface area contributed by atoms with Crippen molar-refractivity contribution in [2.75, 3.05) is 6.61 Å². The maximum atomic E-state index is 10.7. The number of thioether (sulfide) groups is 1. The molecule has 0 atom stereocenters. The number of hydrogen-bond acceptors (Lipinski definition) is 3. The number of carbonyl (C=O) groups excluding carboxylic acids is 1. The SMILES string of the molecule is C=C(C)C(=O)OCC1=CS1. The van der Waals surface area contributed by atoms with E-state index in [1.54, 1.807) is 18.7 Å². The van der Waals surface area contributed by atoms with Crippen LogP contribution in [-0.4, -0.2) is 12.6 Å². The highest BCUT2D eigenvalue weighted by Crippen LogP contribution is 2.33. The number of ether oxygens (including phenoxy) is 1. The summed E-state index contributed by atoms with van der Waals surface area (Å²) >= 11 is 1.61. The lowest BCUT2D eigenvalue weighted by atomic mass is 10.4. The Morgan fingerprint density at radius 2 is 2.50 bits per heavy atom. The molecule has 0 saturated carbocycles. The molecule has 1 aliphatic heterocycles. The number of carbonyl (C=O) groups is 1. The van der Waals surface area contributed by atoms with E-state index < -0.39 is 0 Å². The van der Waals surface area contributed by atoms with Crippen molar-refractivity contribution in [3.8, 4) is 0 Å². The molecule has 1 rings (SSSR count). The lowest BCUT2D eigenvalue weighted by molar-refractivity contribution is -0.137. The van der Waals surface area contributed by atoms with Gasteiger partial charge in [-0.2, -0.15) is 0 Å². The third kappa shape index (κ3) is 2.27. The normalized spacial score (nSPS) is 13.9. The van der Waals surface area contributed by atoms with Crippen molar-refractivity contribution in [3.05, 3.63) is 22.5 Å². The van der Waals surface area contributed by atoms with E-state index in [4.69, 9.17) is 4.74 Å². The Hall–Kier alpha value is -0.700. The summed E-state index contributed by atoms with van der Waals surface area (Å²) in [6.45, 7) is 5.50. The maximum Gasteiger partial charge on any atom is 0.333 e. The van der Waals surface area contributed by atoms with E-state index in [-0.39, 0.29) is 5.97 Å². The molecule has 0 fully saturated rings. The standard InChI is InChI=1S/C7H8O2S/c1-5(2)7(8)9-3-6-4-10-6/h4H,1,3H2,2H3. The Kier molecular flexibility index (Phi) is 2.17. The van der Waals surface area contributed by atoms with E-state index in [0.29, 0.717) is 12.2 Å². The third-order valence-corrected chi connectivity index (χ3v) is 1.67. The largest absolute Gasteiger partial charge is 0.457 e. The van der Waals surface area contributed by atoms with Crippen LogP contribution in [0.1, 0.15) is 6.92 Å². The molecular weight excluding hydrogens is 148 g/mol. The van der Waals surface area contributed by atoms with Crippen LogP contribution >= 0.6 is 11.8 Å². The van der Waals surface area contributed by atoms with Crippen LogP contribution in [-0.2, 0) is 9.53 Å². The molecular formula is C7H8O2S. The lowest BCUT2D eigenvalue weighted by Crippen LogP contribution is -2.04. The van der Waals surface area contributed by atoms with E-state index in [9.17, 15) is 4.79 Å². The Labute approximate surface area is 63.9 Å². The summed E-state index contributed by atoms with van der Waals surface area (Å²) in [5.74, 6) is -0.312. The molecule has 0 saturated heterocycles. The van der Waals surface area contributed by atoms with Gasteiger partial charge < -0.3 is 4.74 Å². The molecule has 1 aliphatic rings. The van der Waals surface area contributed by atoms with Gasteiger partial charge >= 0.3 is 5.97 Å². The fourth-order valence-corrected chi connectivity index (χ4v) is 0.648. The molecule has 1 heterocycles. The molecule has 0 bridgehead atoms. The van der Waals surface area contributed by atoms with Crippen molar-refractivity contribution in [3.63, 3.8) is 0 Å². The molecule has 2 nitrogen and oxygen atoms in total. The van der Waals surface area contributed by atoms with Crippen molar-refractivity contribution in [1.29, 1.82) is 0 Å². The fraction of sp³-hybridized carbons (Fsp3) is 0.286. The van der Waals surface area contributed by atoms with Gasteiger partial charge in [-0.25, -0.2) is 4.79 Å². The van der Waals surface area contributed by atoms with Crippen molar-refractivity contribution >= 4 is 17.7 Å². The first-order valence-corrected chi connectivity index (χ1v) is 3.76. The molecule has 3 heteroatoms. The van der Waals surface area contributed by atoms with Crippen molar-refractivity contribution in [2.24, 2.45) is 0 Å². The van der Waals surface area contributed by atoms with Crippen LogP contribution in [0.5, 0.6) is 0 Å². The molecule has 0 amide bonds. The minimum atomic E-state index is -0.312. The average molecular weight is 156 g/mol. The predicted octanol–water partition coefficient (Wildman–Crippen LogP) is 1.69. The molecule has 10 heavy (non-hydrogen) atoms. The molecule has 0 aliphatic carbocycles. The zero-order valence-electron chi connectivity index (χ0n) is 5.72. The molecule has 0 unspecified atom stereocenters. The molecule has 0 aromatic carbocycles. The topological polar surface area (TPSA) is 26.3 Å². The first-order valence-electron chi connectivity index (χ1n) is 2.88. The summed E-state index contributed by atoms with van der Waals surface area (Å²) in [4.78, 5) is 11.8. The van der Waals surface area contributed by atoms with E-state index in [1.165, 1.54) is 0 Å². The van der Waals surface area contributed by atoms with E-state index in [2.05, 4.69) is 6.58 Å². The van der Waals surface area contributed by atoms with Gasteiger partial charge in [-0.05, 0) is 12.3 Å². The third-order valence-electron chi connectivity index (χ3n) is 0.979. The van der Waals surface area contributed by atoms with Gasteiger partial charge in [-0.15, -0.1) is 0 Å². The Morgan fingerprint density at radius 3 is 2.90 bits per heavy atom. The second-order valence-electron chi connectivity index (χ2n) is 2.06. The first-order chi connectivity index (χ1) is 4.70. The van der Waals surface area contributed by atoms with Gasteiger partial charge in [0, 0.05) is 10.5 Å². The van der Waals surface area contributed by atoms with Crippen LogP contribution < -0.4 is 0 Å². The summed E-state index contributed by atoms with van der Waals surface area (Å²) < 4.78 is 4.80. The Bertz CT molecular complexity index is 206. The smallest absolute Gasteiger partial charge is 0.333 e. The quantitative estimate of drug-likeness (QED) is 0.459. The van der Waals surface area contributed by atoms with Crippen LogP contribution in [0.25, 0.3) is 0 Å². The lowest BCUT2D eigenvalue weighted by Gasteiger charge is -1.98. The zero-order valence-corrected chi connectivity index (χ0v) is 6.53. The summed E-state index contributed by atoms with van der Waals surface area (Å²) in [6.07, 6.45) is 0. The minimum Gasteiger partial charge on any atom is -0.457 e. The van der Waals surface area contributed by atoms with Gasteiger partial charge in [0.05, 0.1) is 0 Å². The van der Waals surface area contributed by atoms with Gasteiger partial charge in [0.2, 0.25) is 0 Å². The number of esters is 1. The number of hydrogen-bond donors (Lipinski definition) is 0. The van der Waals surface area contributed by atoms with E-state index in [1.807, 2.05) is 5.41 Å². The monoisotopic (exact) mass is 156 g/mol. The highest BCUT2D eigenvalue weighted by atomic mass is 32.2. The van der Waals surface area contributed by atoms with Crippen molar-refractivity contribution < 1.29 is 9.53 Å². The van der Waals surface area contributed by atoms with Crippen LogP contribution in [0, 0.1) is 0 Å². The summed E-state index contributed by atoms with van der Waals surface area (Å²) in [5, 5.41) is 1.95. The molecule has 0 radical (unpaired) electrons. The highest BCUT2D eigenvalue weighted by molar-refractivity contribution is 8.12. The number of rotatable bonds is 3. The fourth-order valence-electron chi connectivity index (χ4n) is 0.370. The van der Waals surface area contributed by atoms with E-state index in [0.717, 1.165) is 4.91 Å². The summed E-state index contributed by atoms with van der Waals surface area (Å²) in [6, 6.07) is 0. The predicted molar refractivity (Wildman–Crippen MR) is 41.4 cm³/mol. The van der Waals surface area contributed by atoms with Gasteiger partial charge in [-0.3, -0.25) is 0 Å². The molecule has 0 aromatic rings. The maximum absolute atomic E-state index is 10.7. The van der Waals surface area contributed by atoms with Crippen LogP contribution in [0.2, 0.25) is 0 Å². The van der Waals surface area contributed by atoms with Gasteiger partial charge in [-0.1, -0.05) is 18.3 Å². The van der Waals surface area contributed by atoms with Crippen LogP contribution in [0.3, 0.4) is 0 Å². The van der Waals surface area contributed by atoms with Gasteiger partial charge in [0.1, 0.15) is 6.61 Å². The van der Waals surface area contributed by atoms with Crippen molar-refractivity contribution in [2.45, 2.75) is 6.92 Å². The minimum absolute atomic E-state index is 0.312. The molecule has 0 aromatic heterocycles. The molecule has 0 spiro atoms. The van der Waals surface area contributed by atoms with Crippen LogP contribution in [0.15, 0.2) is 22.5 Å². The Balaban J connectivity index is 2.17. The van der Waals surface area contributed by atoms with Gasteiger partial charge in [0.15, 0.2) is 0 Å². The summed E-state index contributed by atoms with van der Waals surface area (Å²) in [7, 11) is 0. The molecule has 54 valence electrons. The summed E-state index contributed by atoms with van der Waals surface area (Å²) in [5.41, 5.74) is 0.450. The zero-order chi connectivity index (χ0) is 7.56. The average Bonchev–Trinajstić information content (AvgIpc) is 2.64. The highest BCUT2D eigenvalue weighted by Gasteiger charge is 2.11. The second-order valence-corrected chi connectivity index (χ2v) is 3.05. The van der Waals surface area contributed by atoms with E-state index >= 15 is 0 Å². The first kappa shape index (κ1) is 7.41. The Morgan fingerprint density at radius 1 is 1.90 bits per heavy atom. The van der Waals surface area contributed by atoms with Crippen molar-refractivity contribution in [1.82, 2.24) is 0 Å². The second kappa shape index (κ2) is 2.92. The van der Waals surface area contributed by atoms with Gasteiger partial charge in [0.25, 0.3) is 0 Å². The van der Waals surface area contributed by atoms with Crippen LogP contribution in [0.4, 0.5) is 0 Å². The molecule has 0 N–H and O–H groups in total.